The normalized spacial score (nSPS) is 20.4. The van der Waals surface area contributed by atoms with Crippen molar-refractivity contribution in [3.05, 3.63) is 78.9 Å². The van der Waals surface area contributed by atoms with Crippen LogP contribution in [-0.4, -0.2) is 44.1 Å². The first-order chi connectivity index (χ1) is 18.0. The van der Waals surface area contributed by atoms with Gasteiger partial charge in [-0.3, -0.25) is 0 Å². The molecule has 3 aromatic heterocycles. The zero-order chi connectivity index (χ0) is 25.5. The molecule has 1 aromatic carbocycles. The molecule has 0 unspecified atom stereocenters. The molecular weight excluding hydrogens is 456 g/mol. The molecule has 1 saturated heterocycles. The van der Waals surface area contributed by atoms with Crippen molar-refractivity contribution in [1.82, 2.24) is 24.4 Å². The number of fused-ring (bicyclic) bond motifs is 2. The highest BCUT2D eigenvalue weighted by Gasteiger charge is 2.34. The standard InChI is InChI=1S/C31H34N6/c1-4-6-24(13-20(2)3)27-10-9-22-7-8-23(16-28(22)35-27)26-18-37(31-29(26)30(32)33-19-34-31)25-14-21(15-25)17-36-11-5-12-36/h4,6-10,13,16,18-19,21,25H,2,5,11-12,14-15,17H2,1,3H3,(H2,32,33,34)/b6-4-,24-13+. The number of nitrogens with two attached hydrogens (primary N) is 1. The molecule has 0 spiro atoms. The van der Waals surface area contributed by atoms with E-state index in [0.29, 0.717) is 11.9 Å². The Bertz CT molecular complexity index is 1550. The van der Waals surface area contributed by atoms with Crippen LogP contribution in [0.3, 0.4) is 0 Å². The molecule has 1 aliphatic heterocycles. The van der Waals surface area contributed by atoms with Gasteiger partial charge in [0.05, 0.1) is 16.6 Å². The second-order valence-electron chi connectivity index (χ2n) is 10.6. The zero-order valence-corrected chi connectivity index (χ0v) is 21.7. The van der Waals surface area contributed by atoms with Crippen molar-refractivity contribution in [3.63, 3.8) is 0 Å². The minimum absolute atomic E-state index is 0.456. The van der Waals surface area contributed by atoms with Crippen molar-refractivity contribution >= 4 is 33.3 Å². The highest BCUT2D eigenvalue weighted by atomic mass is 15.2. The number of pyridine rings is 1. The van der Waals surface area contributed by atoms with Crippen LogP contribution in [0.5, 0.6) is 0 Å². The fourth-order valence-electron chi connectivity index (χ4n) is 5.71. The SMILES string of the molecule is C=C(C)/C=C(\C=C/C)c1ccc2ccc(-c3cn(C4CC(CN5CCC5)C4)c4ncnc(N)c34)cc2n1. The molecule has 2 fully saturated rings. The van der Waals surface area contributed by atoms with E-state index in [1.165, 1.54) is 38.9 Å². The van der Waals surface area contributed by atoms with Gasteiger partial charge in [-0.05, 0) is 69.8 Å². The van der Waals surface area contributed by atoms with Crippen LogP contribution in [-0.2, 0) is 0 Å². The van der Waals surface area contributed by atoms with Gasteiger partial charge in [0.2, 0.25) is 0 Å². The number of hydrogen-bond donors (Lipinski definition) is 1. The summed E-state index contributed by atoms with van der Waals surface area (Å²) in [6.45, 7) is 11.8. The third kappa shape index (κ3) is 4.46. The molecule has 0 amide bonds. The topological polar surface area (TPSA) is 72.9 Å². The highest BCUT2D eigenvalue weighted by molar-refractivity contribution is 6.02. The molecule has 6 heteroatoms. The lowest BCUT2D eigenvalue weighted by Crippen LogP contribution is -2.43. The van der Waals surface area contributed by atoms with Crippen LogP contribution in [0.4, 0.5) is 5.82 Å². The smallest absolute Gasteiger partial charge is 0.146 e. The monoisotopic (exact) mass is 490 g/mol. The minimum atomic E-state index is 0.456. The first-order valence-corrected chi connectivity index (χ1v) is 13.2. The molecule has 6 rings (SSSR count). The third-order valence-electron chi connectivity index (χ3n) is 7.75. The maximum atomic E-state index is 6.43. The molecule has 4 heterocycles. The van der Waals surface area contributed by atoms with Crippen molar-refractivity contribution in [2.45, 2.75) is 39.2 Å². The van der Waals surface area contributed by atoms with Gasteiger partial charge in [-0.1, -0.05) is 48.6 Å². The van der Waals surface area contributed by atoms with E-state index >= 15 is 0 Å². The maximum Gasteiger partial charge on any atom is 0.146 e. The second kappa shape index (κ2) is 9.60. The van der Waals surface area contributed by atoms with E-state index in [-0.39, 0.29) is 0 Å². The van der Waals surface area contributed by atoms with Crippen molar-refractivity contribution in [2.75, 3.05) is 25.4 Å². The number of benzene rings is 1. The van der Waals surface area contributed by atoms with Crippen LogP contribution in [0.2, 0.25) is 0 Å². The molecule has 2 aliphatic rings. The Kier molecular flexibility index (Phi) is 6.13. The molecule has 0 bridgehead atoms. The number of nitrogen functional groups attached to an aromatic ring is 1. The van der Waals surface area contributed by atoms with E-state index in [2.05, 4.69) is 74.7 Å². The number of aromatic nitrogens is 4. The van der Waals surface area contributed by atoms with Crippen molar-refractivity contribution < 1.29 is 0 Å². The predicted octanol–water partition coefficient (Wildman–Crippen LogP) is 6.42. The number of hydrogen-bond acceptors (Lipinski definition) is 5. The van der Waals surface area contributed by atoms with Crippen molar-refractivity contribution in [3.8, 4) is 11.1 Å². The number of nitrogens with zero attached hydrogens (tertiary/aromatic N) is 5. The molecule has 2 N–H and O–H groups in total. The first-order valence-electron chi connectivity index (χ1n) is 13.2. The third-order valence-corrected chi connectivity index (χ3v) is 7.75. The summed E-state index contributed by atoms with van der Waals surface area (Å²) < 4.78 is 2.34. The molecule has 188 valence electrons. The Balaban J connectivity index is 1.38. The van der Waals surface area contributed by atoms with Gasteiger partial charge >= 0.3 is 0 Å². The number of rotatable bonds is 7. The summed E-state index contributed by atoms with van der Waals surface area (Å²) >= 11 is 0. The van der Waals surface area contributed by atoms with Crippen LogP contribution in [0.25, 0.3) is 38.6 Å². The van der Waals surface area contributed by atoms with Gasteiger partial charge in [0.15, 0.2) is 0 Å². The Morgan fingerprint density at radius 3 is 2.70 bits per heavy atom. The molecule has 0 atom stereocenters. The fraction of sp³-hybridized carbons (Fsp3) is 0.323. The highest BCUT2D eigenvalue weighted by Crippen LogP contribution is 2.43. The second-order valence-corrected chi connectivity index (χ2v) is 10.6. The van der Waals surface area contributed by atoms with E-state index < -0.39 is 0 Å². The van der Waals surface area contributed by atoms with Gasteiger partial charge in [-0.2, -0.15) is 0 Å². The lowest BCUT2D eigenvalue weighted by Gasteiger charge is -2.42. The molecular formula is C31H34N6. The summed E-state index contributed by atoms with van der Waals surface area (Å²) in [5.41, 5.74) is 13.4. The van der Waals surface area contributed by atoms with E-state index in [9.17, 15) is 0 Å². The molecule has 1 aliphatic carbocycles. The minimum Gasteiger partial charge on any atom is -0.383 e. The molecule has 4 aromatic rings. The zero-order valence-electron chi connectivity index (χ0n) is 21.7. The average Bonchev–Trinajstić information content (AvgIpc) is 3.21. The number of likely N-dealkylation sites (tertiary alicyclic amines) is 1. The van der Waals surface area contributed by atoms with Gasteiger partial charge in [0.25, 0.3) is 0 Å². The van der Waals surface area contributed by atoms with Gasteiger partial charge in [-0.25, -0.2) is 15.0 Å². The van der Waals surface area contributed by atoms with Crippen molar-refractivity contribution in [2.24, 2.45) is 5.92 Å². The summed E-state index contributed by atoms with van der Waals surface area (Å²) in [6.07, 6.45) is 13.7. The Morgan fingerprint density at radius 1 is 1.16 bits per heavy atom. The summed E-state index contributed by atoms with van der Waals surface area (Å²) in [4.78, 5) is 16.6. The van der Waals surface area contributed by atoms with E-state index in [1.54, 1.807) is 6.33 Å². The van der Waals surface area contributed by atoms with E-state index in [1.807, 2.05) is 19.9 Å². The summed E-state index contributed by atoms with van der Waals surface area (Å²) in [7, 11) is 0. The summed E-state index contributed by atoms with van der Waals surface area (Å²) in [6, 6.07) is 11.1. The molecule has 37 heavy (non-hydrogen) atoms. The van der Waals surface area contributed by atoms with Crippen LogP contribution < -0.4 is 5.73 Å². The van der Waals surface area contributed by atoms with E-state index in [4.69, 9.17) is 10.7 Å². The Labute approximate surface area is 218 Å². The van der Waals surface area contributed by atoms with Gasteiger partial charge in [-0.15, -0.1) is 0 Å². The first kappa shape index (κ1) is 23.6. The molecule has 1 saturated carbocycles. The van der Waals surface area contributed by atoms with Gasteiger partial charge in [0, 0.05) is 35.3 Å². The van der Waals surface area contributed by atoms with Crippen molar-refractivity contribution in [1.29, 1.82) is 0 Å². The van der Waals surface area contributed by atoms with Crippen LogP contribution in [0.15, 0.2) is 73.2 Å². The average molecular weight is 491 g/mol. The lowest BCUT2D eigenvalue weighted by molar-refractivity contribution is 0.0921. The maximum absolute atomic E-state index is 6.43. The van der Waals surface area contributed by atoms with Crippen LogP contribution in [0, 0.1) is 5.92 Å². The largest absolute Gasteiger partial charge is 0.383 e. The van der Waals surface area contributed by atoms with E-state index in [0.717, 1.165) is 55.8 Å². The molecule has 6 nitrogen and oxygen atoms in total. The Hall–Kier alpha value is -3.77. The summed E-state index contributed by atoms with van der Waals surface area (Å²) in [5.74, 6) is 1.30. The van der Waals surface area contributed by atoms with Crippen LogP contribution in [0.1, 0.15) is 44.8 Å². The predicted molar refractivity (Wildman–Crippen MR) is 153 cm³/mol. The fourth-order valence-corrected chi connectivity index (χ4v) is 5.71. The van der Waals surface area contributed by atoms with Gasteiger partial charge < -0.3 is 15.2 Å². The summed E-state index contributed by atoms with van der Waals surface area (Å²) in [5, 5.41) is 2.03. The van der Waals surface area contributed by atoms with Gasteiger partial charge in [0.1, 0.15) is 17.8 Å². The quantitative estimate of drug-likeness (QED) is 0.303. The number of allylic oxidation sites excluding steroid dienone is 5. The lowest BCUT2D eigenvalue weighted by atomic mass is 9.79. The number of anilines is 1. The Morgan fingerprint density at radius 2 is 1.97 bits per heavy atom. The van der Waals surface area contributed by atoms with Crippen LogP contribution >= 0.6 is 0 Å². The molecule has 0 radical (unpaired) electrons.